The van der Waals surface area contributed by atoms with Crippen molar-refractivity contribution in [1.29, 1.82) is 0 Å². The molecule has 0 fully saturated rings. The van der Waals surface area contributed by atoms with Gasteiger partial charge in [-0.15, -0.1) is 0 Å². The van der Waals surface area contributed by atoms with Crippen LogP contribution in [0, 0.1) is 11.7 Å². The van der Waals surface area contributed by atoms with Gasteiger partial charge in [0.2, 0.25) is 0 Å². The lowest BCUT2D eigenvalue weighted by molar-refractivity contribution is -0.127. The first-order chi connectivity index (χ1) is 9.45. The van der Waals surface area contributed by atoms with Gasteiger partial charge in [0.05, 0.1) is 6.10 Å². The van der Waals surface area contributed by atoms with Crippen LogP contribution in [0.2, 0.25) is 0 Å². The van der Waals surface area contributed by atoms with E-state index >= 15 is 0 Å². The Bertz CT molecular complexity index is 490. The molecule has 2 N–H and O–H groups in total. The SMILES string of the molecule is CC(O)CC(C)CNC(=O)C1Cc2cc(F)ccc2O1. The molecule has 0 radical (unpaired) electrons. The van der Waals surface area contributed by atoms with Crippen molar-refractivity contribution < 1.29 is 19.0 Å². The van der Waals surface area contributed by atoms with Crippen LogP contribution in [0.15, 0.2) is 18.2 Å². The fourth-order valence-electron chi connectivity index (χ4n) is 2.42. The molecule has 1 heterocycles. The van der Waals surface area contributed by atoms with E-state index < -0.39 is 6.10 Å². The number of hydrogen-bond acceptors (Lipinski definition) is 3. The van der Waals surface area contributed by atoms with Crippen molar-refractivity contribution in [3.63, 3.8) is 0 Å². The number of hydrogen-bond donors (Lipinski definition) is 2. The van der Waals surface area contributed by atoms with Gasteiger partial charge in [-0.1, -0.05) is 6.92 Å². The van der Waals surface area contributed by atoms with Crippen molar-refractivity contribution in [1.82, 2.24) is 5.32 Å². The van der Waals surface area contributed by atoms with Crippen LogP contribution in [-0.4, -0.2) is 29.8 Å². The molecule has 2 rings (SSSR count). The van der Waals surface area contributed by atoms with Crippen molar-refractivity contribution in [3.8, 4) is 5.75 Å². The number of ether oxygens (including phenoxy) is 1. The summed E-state index contributed by atoms with van der Waals surface area (Å²) in [6, 6.07) is 4.27. The fraction of sp³-hybridized carbons (Fsp3) is 0.533. The Labute approximate surface area is 117 Å². The summed E-state index contributed by atoms with van der Waals surface area (Å²) in [5.74, 6) is 0.252. The molecule has 1 aromatic rings. The Morgan fingerprint density at radius 3 is 3.00 bits per heavy atom. The van der Waals surface area contributed by atoms with Gasteiger partial charge in [0.1, 0.15) is 11.6 Å². The zero-order chi connectivity index (χ0) is 14.7. The second kappa shape index (κ2) is 6.22. The molecular formula is C15H20FNO3. The van der Waals surface area contributed by atoms with E-state index in [2.05, 4.69) is 5.32 Å². The first-order valence-corrected chi connectivity index (χ1v) is 6.86. The van der Waals surface area contributed by atoms with Crippen LogP contribution >= 0.6 is 0 Å². The number of rotatable bonds is 5. The lowest BCUT2D eigenvalue weighted by Gasteiger charge is -2.16. The number of carbonyl (C=O) groups is 1. The molecule has 1 aromatic carbocycles. The fourth-order valence-corrected chi connectivity index (χ4v) is 2.42. The van der Waals surface area contributed by atoms with E-state index in [4.69, 9.17) is 4.74 Å². The quantitative estimate of drug-likeness (QED) is 0.863. The molecule has 3 unspecified atom stereocenters. The summed E-state index contributed by atoms with van der Waals surface area (Å²) >= 11 is 0. The van der Waals surface area contributed by atoms with Gasteiger partial charge in [0, 0.05) is 18.5 Å². The van der Waals surface area contributed by atoms with E-state index in [1.807, 2.05) is 6.92 Å². The average molecular weight is 281 g/mol. The molecule has 0 bridgehead atoms. The Kier molecular flexibility index (Phi) is 4.60. The predicted molar refractivity (Wildman–Crippen MR) is 73.0 cm³/mol. The van der Waals surface area contributed by atoms with Gasteiger partial charge in [-0.05, 0) is 37.5 Å². The van der Waals surface area contributed by atoms with Gasteiger partial charge in [0.15, 0.2) is 6.10 Å². The van der Waals surface area contributed by atoms with Gasteiger partial charge in [0.25, 0.3) is 5.91 Å². The Morgan fingerprint density at radius 1 is 1.55 bits per heavy atom. The van der Waals surface area contributed by atoms with Crippen LogP contribution < -0.4 is 10.1 Å². The summed E-state index contributed by atoms with van der Waals surface area (Å²) in [5.41, 5.74) is 0.724. The maximum absolute atomic E-state index is 13.1. The smallest absolute Gasteiger partial charge is 0.261 e. The third-order valence-corrected chi connectivity index (χ3v) is 3.36. The summed E-state index contributed by atoms with van der Waals surface area (Å²) < 4.78 is 18.6. The molecule has 1 aliphatic rings. The number of carbonyl (C=O) groups excluding carboxylic acids is 1. The second-order valence-corrected chi connectivity index (χ2v) is 5.50. The van der Waals surface area contributed by atoms with E-state index in [-0.39, 0.29) is 23.7 Å². The van der Waals surface area contributed by atoms with Crippen molar-refractivity contribution in [2.45, 2.75) is 38.9 Å². The predicted octanol–water partition coefficient (Wildman–Crippen LogP) is 1.65. The van der Waals surface area contributed by atoms with Crippen LogP contribution in [0.5, 0.6) is 5.75 Å². The highest BCUT2D eigenvalue weighted by Gasteiger charge is 2.29. The van der Waals surface area contributed by atoms with Crippen molar-refractivity contribution in [3.05, 3.63) is 29.6 Å². The largest absolute Gasteiger partial charge is 0.480 e. The highest BCUT2D eigenvalue weighted by atomic mass is 19.1. The molecule has 20 heavy (non-hydrogen) atoms. The Hall–Kier alpha value is -1.62. The standard InChI is InChI=1S/C15H20FNO3/c1-9(5-10(2)18)8-17-15(19)14-7-11-6-12(16)3-4-13(11)20-14/h3-4,6,9-10,14,18H,5,7-8H2,1-2H3,(H,17,19). The van der Waals surface area contributed by atoms with Crippen molar-refractivity contribution in [2.24, 2.45) is 5.92 Å². The van der Waals surface area contributed by atoms with Crippen LogP contribution in [-0.2, 0) is 11.2 Å². The normalized spacial score (nSPS) is 19.9. The van der Waals surface area contributed by atoms with E-state index in [0.29, 0.717) is 25.1 Å². The second-order valence-electron chi connectivity index (χ2n) is 5.50. The first kappa shape index (κ1) is 14.8. The van der Waals surface area contributed by atoms with Crippen LogP contribution in [0.3, 0.4) is 0 Å². The lowest BCUT2D eigenvalue weighted by atomic mass is 10.0. The number of aliphatic hydroxyl groups is 1. The highest BCUT2D eigenvalue weighted by Crippen LogP contribution is 2.29. The number of benzene rings is 1. The molecule has 0 spiro atoms. The maximum atomic E-state index is 13.1. The number of halogens is 1. The van der Waals surface area contributed by atoms with Crippen LogP contribution in [0.1, 0.15) is 25.8 Å². The third kappa shape index (κ3) is 3.70. The minimum atomic E-state index is -0.592. The average Bonchev–Trinajstić information content (AvgIpc) is 2.78. The highest BCUT2D eigenvalue weighted by molar-refractivity contribution is 5.82. The summed E-state index contributed by atoms with van der Waals surface area (Å²) in [7, 11) is 0. The van der Waals surface area contributed by atoms with Gasteiger partial charge >= 0.3 is 0 Å². The third-order valence-electron chi connectivity index (χ3n) is 3.36. The molecule has 4 nitrogen and oxygen atoms in total. The van der Waals surface area contributed by atoms with E-state index in [9.17, 15) is 14.3 Å². The van der Waals surface area contributed by atoms with Crippen LogP contribution in [0.25, 0.3) is 0 Å². The number of aliphatic hydroxyl groups excluding tert-OH is 1. The van der Waals surface area contributed by atoms with Gasteiger partial charge in [-0.25, -0.2) is 4.39 Å². The lowest BCUT2D eigenvalue weighted by Crippen LogP contribution is -2.39. The Morgan fingerprint density at radius 2 is 2.30 bits per heavy atom. The van der Waals surface area contributed by atoms with Crippen LogP contribution in [0.4, 0.5) is 4.39 Å². The number of fused-ring (bicyclic) bond motifs is 1. The summed E-state index contributed by atoms with van der Waals surface area (Å²) in [6.07, 6.45) is 0.0587. The summed E-state index contributed by atoms with van der Waals surface area (Å²) in [4.78, 5) is 12.0. The van der Waals surface area contributed by atoms with E-state index in [1.54, 1.807) is 13.0 Å². The monoisotopic (exact) mass is 281 g/mol. The van der Waals surface area contributed by atoms with E-state index in [1.165, 1.54) is 12.1 Å². The van der Waals surface area contributed by atoms with Gasteiger partial charge < -0.3 is 15.2 Å². The molecule has 1 aliphatic heterocycles. The summed E-state index contributed by atoms with van der Waals surface area (Å²) in [6.45, 7) is 4.19. The molecule has 3 atom stereocenters. The maximum Gasteiger partial charge on any atom is 0.261 e. The minimum absolute atomic E-state index is 0.195. The molecule has 0 saturated heterocycles. The number of amides is 1. The summed E-state index contributed by atoms with van der Waals surface area (Å²) in [5, 5.41) is 12.1. The zero-order valence-corrected chi connectivity index (χ0v) is 11.7. The Balaban J connectivity index is 1.84. The molecule has 0 aromatic heterocycles. The number of nitrogens with one attached hydrogen (secondary N) is 1. The zero-order valence-electron chi connectivity index (χ0n) is 11.7. The molecular weight excluding hydrogens is 261 g/mol. The first-order valence-electron chi connectivity index (χ1n) is 6.86. The molecule has 0 aliphatic carbocycles. The minimum Gasteiger partial charge on any atom is -0.480 e. The molecule has 0 saturated carbocycles. The van der Waals surface area contributed by atoms with Gasteiger partial charge in [-0.2, -0.15) is 0 Å². The van der Waals surface area contributed by atoms with Crippen molar-refractivity contribution in [2.75, 3.05) is 6.54 Å². The molecule has 110 valence electrons. The van der Waals surface area contributed by atoms with E-state index in [0.717, 1.165) is 5.56 Å². The van der Waals surface area contributed by atoms with Crippen molar-refractivity contribution >= 4 is 5.91 Å². The van der Waals surface area contributed by atoms with Gasteiger partial charge in [-0.3, -0.25) is 4.79 Å². The molecule has 1 amide bonds. The molecule has 5 heteroatoms. The topological polar surface area (TPSA) is 58.6 Å².